The Morgan fingerprint density at radius 1 is 1.17 bits per heavy atom. The lowest BCUT2D eigenvalue weighted by atomic mass is 10.0. The highest BCUT2D eigenvalue weighted by molar-refractivity contribution is 6.39. The molecule has 3 rings (SSSR count). The summed E-state index contributed by atoms with van der Waals surface area (Å²) in [5.74, 6) is 1.62. The predicted molar refractivity (Wildman–Crippen MR) is 92.1 cm³/mol. The van der Waals surface area contributed by atoms with Crippen molar-refractivity contribution >= 4 is 29.2 Å². The third-order valence-corrected chi connectivity index (χ3v) is 3.98. The number of ether oxygens (including phenoxy) is 1. The molecule has 0 radical (unpaired) electrons. The number of anilines is 1. The van der Waals surface area contributed by atoms with Crippen molar-refractivity contribution in [2.75, 3.05) is 12.8 Å². The number of aromatic nitrogens is 3. The molecular weight excluding hydrogens is 335 g/mol. The first kappa shape index (κ1) is 15.6. The first-order valence-corrected chi connectivity index (χ1v) is 7.61. The standard InChI is InChI=1S/C16H14Cl2N4O/c1-23-11-4-2-3-10(8-11)15-12(17)5-9(6-13(15)18)7-14-20-16(19)22-21-14/h2-6,8H,7H2,1H3,(H3,19,20,21,22). The monoisotopic (exact) mass is 348 g/mol. The van der Waals surface area contributed by atoms with E-state index in [-0.39, 0.29) is 5.95 Å². The van der Waals surface area contributed by atoms with Crippen LogP contribution in [-0.2, 0) is 6.42 Å². The molecule has 5 nitrogen and oxygen atoms in total. The molecule has 0 aliphatic rings. The molecule has 0 atom stereocenters. The summed E-state index contributed by atoms with van der Waals surface area (Å²) in [6, 6.07) is 11.3. The van der Waals surface area contributed by atoms with Crippen LogP contribution in [0.3, 0.4) is 0 Å². The van der Waals surface area contributed by atoms with Gasteiger partial charge in [-0.1, -0.05) is 35.3 Å². The molecule has 0 saturated heterocycles. The first-order valence-electron chi connectivity index (χ1n) is 6.86. The van der Waals surface area contributed by atoms with Gasteiger partial charge >= 0.3 is 0 Å². The minimum Gasteiger partial charge on any atom is -0.497 e. The van der Waals surface area contributed by atoms with Crippen LogP contribution in [0.25, 0.3) is 11.1 Å². The van der Waals surface area contributed by atoms with Crippen LogP contribution >= 0.6 is 23.2 Å². The Balaban J connectivity index is 1.96. The molecule has 118 valence electrons. The van der Waals surface area contributed by atoms with E-state index in [9.17, 15) is 0 Å². The SMILES string of the molecule is COc1cccc(-c2c(Cl)cc(Cc3nc(N)n[nH]3)cc2Cl)c1. The van der Waals surface area contributed by atoms with Gasteiger partial charge in [0.25, 0.3) is 0 Å². The van der Waals surface area contributed by atoms with Gasteiger partial charge in [-0.3, -0.25) is 5.10 Å². The number of benzene rings is 2. The zero-order valence-electron chi connectivity index (χ0n) is 12.3. The van der Waals surface area contributed by atoms with Crippen molar-refractivity contribution in [2.45, 2.75) is 6.42 Å². The lowest BCUT2D eigenvalue weighted by Crippen LogP contribution is -1.94. The summed E-state index contributed by atoms with van der Waals surface area (Å²) >= 11 is 12.9. The number of nitrogens with zero attached hydrogens (tertiary/aromatic N) is 2. The summed E-state index contributed by atoms with van der Waals surface area (Å²) in [7, 11) is 1.62. The second kappa shape index (κ2) is 6.48. The van der Waals surface area contributed by atoms with Crippen LogP contribution in [0.1, 0.15) is 11.4 Å². The largest absolute Gasteiger partial charge is 0.497 e. The molecule has 0 bridgehead atoms. The molecule has 0 saturated carbocycles. The van der Waals surface area contributed by atoms with E-state index in [0.29, 0.717) is 22.3 Å². The van der Waals surface area contributed by atoms with Crippen molar-refractivity contribution < 1.29 is 4.74 Å². The van der Waals surface area contributed by atoms with Gasteiger partial charge in [-0.2, -0.15) is 4.98 Å². The summed E-state index contributed by atoms with van der Waals surface area (Å²) in [5.41, 5.74) is 8.09. The van der Waals surface area contributed by atoms with Crippen LogP contribution in [0.2, 0.25) is 10.0 Å². The number of rotatable bonds is 4. The lowest BCUT2D eigenvalue weighted by Gasteiger charge is -2.11. The van der Waals surface area contributed by atoms with Crippen molar-refractivity contribution in [1.29, 1.82) is 0 Å². The van der Waals surface area contributed by atoms with E-state index in [4.69, 9.17) is 33.7 Å². The molecule has 0 spiro atoms. The molecule has 23 heavy (non-hydrogen) atoms. The molecule has 1 heterocycles. The maximum atomic E-state index is 6.44. The average molecular weight is 349 g/mol. The Kier molecular flexibility index (Phi) is 4.41. The first-order chi connectivity index (χ1) is 11.1. The van der Waals surface area contributed by atoms with E-state index >= 15 is 0 Å². The van der Waals surface area contributed by atoms with Gasteiger partial charge in [-0.25, -0.2) is 0 Å². The molecule has 0 amide bonds. The molecule has 7 heteroatoms. The second-order valence-electron chi connectivity index (χ2n) is 4.98. The molecule has 3 aromatic rings. The van der Waals surface area contributed by atoms with Crippen molar-refractivity contribution in [1.82, 2.24) is 15.2 Å². The van der Waals surface area contributed by atoms with E-state index in [0.717, 1.165) is 22.4 Å². The van der Waals surface area contributed by atoms with Crippen LogP contribution in [-0.4, -0.2) is 22.3 Å². The number of nitrogens with two attached hydrogens (primary N) is 1. The minimum atomic E-state index is 0.213. The Morgan fingerprint density at radius 3 is 2.52 bits per heavy atom. The number of halogens is 2. The quantitative estimate of drug-likeness (QED) is 0.747. The molecule has 0 fully saturated rings. The Morgan fingerprint density at radius 2 is 1.91 bits per heavy atom. The van der Waals surface area contributed by atoms with Gasteiger partial charge in [0.1, 0.15) is 11.6 Å². The third-order valence-electron chi connectivity index (χ3n) is 3.38. The molecule has 0 unspecified atom stereocenters. The van der Waals surface area contributed by atoms with Gasteiger partial charge in [-0.15, -0.1) is 5.10 Å². The van der Waals surface area contributed by atoms with Crippen LogP contribution in [0.4, 0.5) is 5.95 Å². The average Bonchev–Trinajstić information content (AvgIpc) is 2.92. The minimum absolute atomic E-state index is 0.213. The number of H-pyrrole nitrogens is 1. The number of methoxy groups -OCH3 is 1. The summed E-state index contributed by atoms with van der Waals surface area (Å²) < 4.78 is 5.24. The number of nitrogen functional groups attached to an aromatic ring is 1. The van der Waals surface area contributed by atoms with Crippen molar-refractivity contribution in [3.8, 4) is 16.9 Å². The number of nitrogens with one attached hydrogen (secondary N) is 1. The number of hydrogen-bond acceptors (Lipinski definition) is 4. The molecule has 0 aliphatic carbocycles. The second-order valence-corrected chi connectivity index (χ2v) is 5.80. The van der Waals surface area contributed by atoms with Gasteiger partial charge < -0.3 is 10.5 Å². The van der Waals surface area contributed by atoms with Crippen LogP contribution in [0, 0.1) is 0 Å². The normalized spacial score (nSPS) is 10.7. The Labute approximate surface area is 143 Å². The predicted octanol–water partition coefficient (Wildman–Crippen LogP) is 3.96. The number of aromatic amines is 1. The Bertz CT molecular complexity index is 825. The molecule has 1 aromatic heterocycles. The van der Waals surface area contributed by atoms with Crippen molar-refractivity contribution in [2.24, 2.45) is 0 Å². The highest BCUT2D eigenvalue weighted by Gasteiger charge is 2.12. The summed E-state index contributed by atoms with van der Waals surface area (Å²) in [6.07, 6.45) is 0.516. The third kappa shape index (κ3) is 3.41. The molecular formula is C16H14Cl2N4O. The molecule has 3 N–H and O–H groups in total. The zero-order chi connectivity index (χ0) is 16.4. The van der Waals surface area contributed by atoms with Gasteiger partial charge in [0.05, 0.1) is 17.2 Å². The van der Waals surface area contributed by atoms with Gasteiger partial charge in [0, 0.05) is 12.0 Å². The summed E-state index contributed by atoms with van der Waals surface area (Å²) in [5, 5.41) is 7.70. The maximum absolute atomic E-state index is 6.44. The zero-order valence-corrected chi connectivity index (χ0v) is 13.8. The van der Waals surface area contributed by atoms with Crippen LogP contribution in [0.5, 0.6) is 5.75 Å². The van der Waals surface area contributed by atoms with E-state index in [1.807, 2.05) is 36.4 Å². The fourth-order valence-electron chi connectivity index (χ4n) is 2.36. The van der Waals surface area contributed by atoms with Crippen molar-refractivity contribution in [3.05, 3.63) is 57.8 Å². The van der Waals surface area contributed by atoms with Gasteiger partial charge in [-0.05, 0) is 35.4 Å². The van der Waals surface area contributed by atoms with Gasteiger partial charge in [0.2, 0.25) is 5.95 Å². The number of hydrogen-bond donors (Lipinski definition) is 2. The van der Waals surface area contributed by atoms with E-state index < -0.39 is 0 Å². The molecule has 0 aliphatic heterocycles. The summed E-state index contributed by atoms with van der Waals surface area (Å²) in [6.45, 7) is 0. The highest BCUT2D eigenvalue weighted by Crippen LogP contribution is 2.37. The fraction of sp³-hybridized carbons (Fsp3) is 0.125. The lowest BCUT2D eigenvalue weighted by molar-refractivity contribution is 0.415. The maximum Gasteiger partial charge on any atom is 0.239 e. The van der Waals surface area contributed by atoms with Gasteiger partial charge in [0.15, 0.2) is 0 Å². The molecule has 2 aromatic carbocycles. The Hall–Kier alpha value is -2.24. The van der Waals surface area contributed by atoms with E-state index in [1.165, 1.54) is 0 Å². The van der Waals surface area contributed by atoms with E-state index in [2.05, 4.69) is 15.2 Å². The fourth-order valence-corrected chi connectivity index (χ4v) is 3.11. The summed E-state index contributed by atoms with van der Waals surface area (Å²) in [4.78, 5) is 4.08. The van der Waals surface area contributed by atoms with Crippen molar-refractivity contribution in [3.63, 3.8) is 0 Å². The smallest absolute Gasteiger partial charge is 0.239 e. The highest BCUT2D eigenvalue weighted by atomic mass is 35.5. The van der Waals surface area contributed by atoms with E-state index in [1.54, 1.807) is 7.11 Å². The van der Waals surface area contributed by atoms with Crippen LogP contribution < -0.4 is 10.5 Å². The van der Waals surface area contributed by atoms with Crippen LogP contribution in [0.15, 0.2) is 36.4 Å². The topological polar surface area (TPSA) is 76.8 Å².